The molecule has 0 heterocycles. The molecule has 0 amide bonds. The third-order valence-corrected chi connectivity index (χ3v) is 10.3. The molecule has 0 aromatic carbocycles. The minimum atomic E-state index is 0.373. The number of aliphatic hydroxyl groups excluding tert-OH is 2. The van der Waals surface area contributed by atoms with Crippen LogP contribution in [-0.2, 0) is 0 Å². The van der Waals surface area contributed by atoms with Gasteiger partial charge in [0.15, 0.2) is 0 Å². The Balaban J connectivity index is 3.28. The number of unbranched alkanes of at least 4 members (excludes halogenated alkanes) is 22. The molecule has 0 saturated carbocycles. The quantitative estimate of drug-likeness (QED) is 0.0672. The molecule has 44 heavy (non-hydrogen) atoms. The van der Waals surface area contributed by atoms with Crippen LogP contribution in [0, 0.1) is 11.8 Å². The summed E-state index contributed by atoms with van der Waals surface area (Å²) in [6.45, 7) is 7.87. The van der Waals surface area contributed by atoms with E-state index in [4.69, 9.17) is 0 Å². The number of rotatable bonds is 38. The molecule has 0 bridgehead atoms. The molecule has 0 fully saturated rings. The summed E-state index contributed by atoms with van der Waals surface area (Å²) in [5.74, 6) is 1.54. The van der Waals surface area contributed by atoms with E-state index in [1.807, 2.05) is 0 Å². The van der Waals surface area contributed by atoms with E-state index < -0.39 is 0 Å². The van der Waals surface area contributed by atoms with Gasteiger partial charge in [-0.05, 0) is 57.7 Å². The lowest BCUT2D eigenvalue weighted by Crippen LogP contribution is -2.20. The van der Waals surface area contributed by atoms with Crippen LogP contribution in [0.2, 0.25) is 0 Å². The van der Waals surface area contributed by atoms with E-state index in [0.717, 1.165) is 24.7 Å². The number of hydrogen-bond donors (Lipinski definition) is 2. The predicted molar refractivity (Wildman–Crippen MR) is 198 cm³/mol. The minimum absolute atomic E-state index is 0.373. The van der Waals surface area contributed by atoms with Crippen LogP contribution in [0.4, 0.5) is 0 Å². The molecular formula is C41H85NO2. The molecule has 0 saturated heterocycles. The number of hydrogen-bond acceptors (Lipinski definition) is 3. The van der Waals surface area contributed by atoms with Gasteiger partial charge in [0, 0.05) is 13.2 Å². The van der Waals surface area contributed by atoms with Gasteiger partial charge in [0.05, 0.1) is 0 Å². The molecule has 2 N–H and O–H groups in total. The first-order valence-corrected chi connectivity index (χ1v) is 20.6. The van der Waals surface area contributed by atoms with Crippen LogP contribution in [0.3, 0.4) is 0 Å². The van der Waals surface area contributed by atoms with Gasteiger partial charge in [-0.25, -0.2) is 0 Å². The minimum Gasteiger partial charge on any atom is -0.396 e. The van der Waals surface area contributed by atoms with Crippen LogP contribution in [-0.4, -0.2) is 48.5 Å². The van der Waals surface area contributed by atoms with Gasteiger partial charge in [-0.15, -0.1) is 0 Å². The SMILES string of the molecule is CCCC(CCO)CCCCCCCCCCCCCCN(C)CCCCCCCCCCCCCCC(CCC)CCO. The van der Waals surface area contributed by atoms with Crippen molar-refractivity contribution in [2.24, 2.45) is 11.8 Å². The fraction of sp³-hybridized carbons (Fsp3) is 1.00. The highest BCUT2D eigenvalue weighted by Gasteiger charge is 2.07. The maximum Gasteiger partial charge on any atom is 0.0433 e. The zero-order valence-electron chi connectivity index (χ0n) is 31.0. The molecule has 2 atom stereocenters. The zero-order chi connectivity index (χ0) is 32.2. The second-order valence-electron chi connectivity index (χ2n) is 14.7. The van der Waals surface area contributed by atoms with E-state index in [0.29, 0.717) is 13.2 Å². The highest BCUT2D eigenvalue weighted by Crippen LogP contribution is 2.21. The molecule has 0 aliphatic carbocycles. The van der Waals surface area contributed by atoms with Crippen LogP contribution in [0.1, 0.15) is 219 Å². The molecule has 3 heteroatoms. The zero-order valence-corrected chi connectivity index (χ0v) is 31.0. The Morgan fingerprint density at radius 1 is 0.341 bits per heavy atom. The molecule has 0 aliphatic heterocycles. The highest BCUT2D eigenvalue weighted by molar-refractivity contribution is 4.61. The summed E-state index contributed by atoms with van der Waals surface area (Å²) >= 11 is 0. The van der Waals surface area contributed by atoms with Crippen molar-refractivity contribution in [1.29, 1.82) is 0 Å². The lowest BCUT2D eigenvalue weighted by atomic mass is 9.93. The first kappa shape index (κ1) is 43.9. The molecule has 0 spiro atoms. The van der Waals surface area contributed by atoms with Crippen LogP contribution < -0.4 is 0 Å². The Labute approximate surface area is 279 Å². The topological polar surface area (TPSA) is 43.7 Å². The third kappa shape index (κ3) is 33.2. The Morgan fingerprint density at radius 3 is 0.841 bits per heavy atom. The van der Waals surface area contributed by atoms with Crippen molar-refractivity contribution >= 4 is 0 Å². The maximum atomic E-state index is 9.19. The van der Waals surface area contributed by atoms with Crippen LogP contribution in [0.5, 0.6) is 0 Å². The molecule has 266 valence electrons. The Hall–Kier alpha value is -0.120. The van der Waals surface area contributed by atoms with Crippen molar-refractivity contribution < 1.29 is 10.2 Å². The predicted octanol–water partition coefficient (Wildman–Crippen LogP) is 12.7. The Kier molecular flexibility index (Phi) is 37.2. The van der Waals surface area contributed by atoms with E-state index in [2.05, 4.69) is 25.8 Å². The van der Waals surface area contributed by atoms with E-state index in [-0.39, 0.29) is 0 Å². The fourth-order valence-corrected chi connectivity index (χ4v) is 7.32. The summed E-state index contributed by atoms with van der Waals surface area (Å²) in [6.07, 6.45) is 44.0. The maximum absolute atomic E-state index is 9.19. The molecule has 0 rings (SSSR count). The van der Waals surface area contributed by atoms with Gasteiger partial charge < -0.3 is 15.1 Å². The first-order chi connectivity index (χ1) is 21.7. The standard InChI is InChI=1S/C41H85NO2/c1-4-30-40(34-38-43)32-26-22-18-14-10-6-8-12-16-20-24-28-36-42(3)37-29-25-21-17-13-9-7-11-15-19-23-27-33-41(31-5-2)35-39-44/h40-41,43-44H,4-39H2,1-3H3. The molecule has 0 aliphatic rings. The fourth-order valence-electron chi connectivity index (χ4n) is 7.32. The molecule has 3 nitrogen and oxygen atoms in total. The molecule has 0 aromatic heterocycles. The highest BCUT2D eigenvalue weighted by atomic mass is 16.3. The second-order valence-corrected chi connectivity index (χ2v) is 14.7. The smallest absolute Gasteiger partial charge is 0.0433 e. The van der Waals surface area contributed by atoms with Crippen LogP contribution >= 0.6 is 0 Å². The lowest BCUT2D eigenvalue weighted by molar-refractivity contribution is 0.243. The average molecular weight is 624 g/mol. The van der Waals surface area contributed by atoms with Crippen molar-refractivity contribution in [2.45, 2.75) is 219 Å². The van der Waals surface area contributed by atoms with Gasteiger partial charge in [-0.1, -0.05) is 194 Å². The summed E-state index contributed by atoms with van der Waals surface area (Å²) in [4.78, 5) is 2.58. The lowest BCUT2D eigenvalue weighted by Gasteiger charge is -2.16. The molecule has 0 radical (unpaired) electrons. The summed E-state index contributed by atoms with van der Waals surface area (Å²) in [7, 11) is 2.33. The van der Waals surface area contributed by atoms with Crippen molar-refractivity contribution in [3.8, 4) is 0 Å². The Bertz CT molecular complexity index is 457. The monoisotopic (exact) mass is 624 g/mol. The van der Waals surface area contributed by atoms with Gasteiger partial charge in [-0.3, -0.25) is 0 Å². The van der Waals surface area contributed by atoms with Crippen molar-refractivity contribution in [1.82, 2.24) is 4.90 Å². The molecule has 0 aromatic rings. The summed E-state index contributed by atoms with van der Waals surface area (Å²) in [5, 5.41) is 18.4. The van der Waals surface area contributed by atoms with E-state index >= 15 is 0 Å². The normalized spacial score (nSPS) is 13.2. The number of aliphatic hydroxyl groups is 2. The van der Waals surface area contributed by atoms with Gasteiger partial charge in [-0.2, -0.15) is 0 Å². The van der Waals surface area contributed by atoms with Crippen molar-refractivity contribution in [3.63, 3.8) is 0 Å². The van der Waals surface area contributed by atoms with E-state index in [9.17, 15) is 10.2 Å². The van der Waals surface area contributed by atoms with E-state index in [1.54, 1.807) is 0 Å². The summed E-state index contributed by atoms with van der Waals surface area (Å²) < 4.78 is 0. The van der Waals surface area contributed by atoms with Crippen LogP contribution in [0.15, 0.2) is 0 Å². The van der Waals surface area contributed by atoms with Crippen LogP contribution in [0.25, 0.3) is 0 Å². The van der Waals surface area contributed by atoms with Gasteiger partial charge in [0.25, 0.3) is 0 Å². The van der Waals surface area contributed by atoms with Gasteiger partial charge in [0.1, 0.15) is 0 Å². The number of nitrogens with zero attached hydrogens (tertiary/aromatic N) is 1. The molecular weight excluding hydrogens is 538 g/mol. The van der Waals surface area contributed by atoms with E-state index in [1.165, 1.54) is 206 Å². The first-order valence-electron chi connectivity index (χ1n) is 20.6. The average Bonchev–Trinajstić information content (AvgIpc) is 3.01. The summed E-state index contributed by atoms with van der Waals surface area (Å²) in [5.41, 5.74) is 0. The van der Waals surface area contributed by atoms with Crippen molar-refractivity contribution in [3.05, 3.63) is 0 Å². The van der Waals surface area contributed by atoms with Gasteiger partial charge in [0.2, 0.25) is 0 Å². The third-order valence-electron chi connectivity index (χ3n) is 10.3. The summed E-state index contributed by atoms with van der Waals surface area (Å²) in [6, 6.07) is 0. The van der Waals surface area contributed by atoms with Gasteiger partial charge >= 0.3 is 0 Å². The largest absolute Gasteiger partial charge is 0.396 e. The second kappa shape index (κ2) is 37.3. The van der Waals surface area contributed by atoms with Crippen molar-refractivity contribution in [2.75, 3.05) is 33.4 Å². The molecule has 2 unspecified atom stereocenters. The Morgan fingerprint density at radius 2 is 0.591 bits per heavy atom.